The molecule has 0 fully saturated rings. The van der Waals surface area contributed by atoms with Gasteiger partial charge < -0.3 is 4.74 Å². The van der Waals surface area contributed by atoms with Gasteiger partial charge >= 0.3 is 5.97 Å². The second kappa shape index (κ2) is 3.69. The average molecular weight is 204 g/mol. The van der Waals surface area contributed by atoms with Crippen LogP contribution < -0.4 is 0 Å². The first-order valence-electron chi connectivity index (χ1n) is 5.29. The van der Waals surface area contributed by atoms with Crippen molar-refractivity contribution in [3.63, 3.8) is 0 Å². The Balaban J connectivity index is 2.07. The lowest BCUT2D eigenvalue weighted by Gasteiger charge is -2.22. The minimum atomic E-state index is -0.188. The second-order valence-corrected chi connectivity index (χ2v) is 4.71. The predicted octanol–water partition coefficient (Wildman–Crippen LogP) is 2.35. The summed E-state index contributed by atoms with van der Waals surface area (Å²) in [6.07, 6.45) is 2.02. The number of carbonyl (C=O) groups excluding carboxylic acids is 1. The first-order valence-corrected chi connectivity index (χ1v) is 5.29. The molecule has 1 aliphatic carbocycles. The lowest BCUT2D eigenvalue weighted by Crippen LogP contribution is -2.25. The monoisotopic (exact) mass is 204 g/mol. The van der Waals surface area contributed by atoms with Crippen molar-refractivity contribution in [1.82, 2.24) is 0 Å². The van der Waals surface area contributed by atoms with Crippen LogP contribution in [0, 0.1) is 5.41 Å². The maximum atomic E-state index is 10.8. The maximum Gasteiger partial charge on any atom is 0.302 e. The van der Waals surface area contributed by atoms with Crippen LogP contribution in [0.4, 0.5) is 0 Å². The summed E-state index contributed by atoms with van der Waals surface area (Å²) < 4.78 is 5.12. The fourth-order valence-corrected chi connectivity index (χ4v) is 2.26. The van der Waals surface area contributed by atoms with Gasteiger partial charge in [-0.25, -0.2) is 0 Å². The zero-order valence-corrected chi connectivity index (χ0v) is 9.25. The largest absolute Gasteiger partial charge is 0.465 e. The van der Waals surface area contributed by atoms with E-state index in [0.29, 0.717) is 6.61 Å². The highest BCUT2D eigenvalue weighted by Crippen LogP contribution is 2.36. The van der Waals surface area contributed by atoms with E-state index in [-0.39, 0.29) is 11.4 Å². The van der Waals surface area contributed by atoms with Gasteiger partial charge in [-0.3, -0.25) is 4.79 Å². The SMILES string of the molecule is CC(=O)OCC1(C)Cc2ccccc2C1. The van der Waals surface area contributed by atoms with Crippen LogP contribution in [0.25, 0.3) is 0 Å². The first-order chi connectivity index (χ1) is 7.09. The van der Waals surface area contributed by atoms with E-state index in [9.17, 15) is 4.79 Å². The summed E-state index contributed by atoms with van der Waals surface area (Å²) in [6.45, 7) is 4.17. The molecule has 0 aliphatic heterocycles. The third-order valence-corrected chi connectivity index (χ3v) is 2.98. The van der Waals surface area contributed by atoms with Crippen molar-refractivity contribution < 1.29 is 9.53 Å². The minimum Gasteiger partial charge on any atom is -0.465 e. The molecule has 0 heterocycles. The molecule has 1 aliphatic rings. The summed E-state index contributed by atoms with van der Waals surface area (Å²) in [5.41, 5.74) is 2.88. The molecule has 0 N–H and O–H groups in total. The van der Waals surface area contributed by atoms with Crippen LogP contribution in [0.3, 0.4) is 0 Å². The van der Waals surface area contributed by atoms with Gasteiger partial charge in [-0.05, 0) is 24.0 Å². The Morgan fingerprint density at radius 2 is 1.87 bits per heavy atom. The molecular formula is C13H16O2. The fourth-order valence-electron chi connectivity index (χ4n) is 2.26. The molecule has 0 unspecified atom stereocenters. The van der Waals surface area contributed by atoms with Gasteiger partial charge in [0.1, 0.15) is 0 Å². The molecule has 0 atom stereocenters. The highest BCUT2D eigenvalue weighted by Gasteiger charge is 2.33. The number of hydrogen-bond donors (Lipinski definition) is 0. The smallest absolute Gasteiger partial charge is 0.302 e. The summed E-state index contributed by atoms with van der Waals surface area (Å²) >= 11 is 0. The van der Waals surface area contributed by atoms with Gasteiger partial charge in [0.15, 0.2) is 0 Å². The molecule has 2 rings (SSSR count). The summed E-state index contributed by atoms with van der Waals surface area (Å²) in [5.74, 6) is -0.188. The molecule has 80 valence electrons. The molecule has 2 heteroatoms. The lowest BCUT2D eigenvalue weighted by molar-refractivity contribution is -0.144. The van der Waals surface area contributed by atoms with Crippen LogP contribution in [-0.4, -0.2) is 12.6 Å². The number of carbonyl (C=O) groups is 1. The molecule has 0 radical (unpaired) electrons. The molecule has 0 bridgehead atoms. The Morgan fingerprint density at radius 3 is 2.33 bits per heavy atom. The van der Waals surface area contributed by atoms with Crippen LogP contribution in [0.2, 0.25) is 0 Å². The predicted molar refractivity (Wildman–Crippen MR) is 58.6 cm³/mol. The van der Waals surface area contributed by atoms with Crippen molar-refractivity contribution in [2.24, 2.45) is 5.41 Å². The average Bonchev–Trinajstić information content (AvgIpc) is 2.52. The zero-order valence-electron chi connectivity index (χ0n) is 9.25. The van der Waals surface area contributed by atoms with Crippen LogP contribution in [0.5, 0.6) is 0 Å². The molecule has 15 heavy (non-hydrogen) atoms. The Morgan fingerprint density at radius 1 is 1.33 bits per heavy atom. The summed E-state index contributed by atoms with van der Waals surface area (Å²) in [4.78, 5) is 10.8. The molecular weight excluding hydrogens is 188 g/mol. The van der Waals surface area contributed by atoms with E-state index in [2.05, 4.69) is 31.2 Å². The Labute approximate surface area is 90.3 Å². The van der Waals surface area contributed by atoms with Crippen molar-refractivity contribution in [2.45, 2.75) is 26.7 Å². The Hall–Kier alpha value is -1.31. The second-order valence-electron chi connectivity index (χ2n) is 4.71. The van der Waals surface area contributed by atoms with Crippen molar-refractivity contribution >= 4 is 5.97 Å². The third-order valence-electron chi connectivity index (χ3n) is 2.98. The van der Waals surface area contributed by atoms with Crippen molar-refractivity contribution in [1.29, 1.82) is 0 Å². The third kappa shape index (κ3) is 2.20. The molecule has 1 aromatic carbocycles. The van der Waals surface area contributed by atoms with Crippen molar-refractivity contribution in [3.05, 3.63) is 35.4 Å². The van der Waals surface area contributed by atoms with Gasteiger partial charge in [0.05, 0.1) is 6.61 Å². The molecule has 0 aromatic heterocycles. The topological polar surface area (TPSA) is 26.3 Å². The first kappa shape index (κ1) is 10.2. The van der Waals surface area contributed by atoms with Crippen molar-refractivity contribution in [3.8, 4) is 0 Å². The van der Waals surface area contributed by atoms with E-state index >= 15 is 0 Å². The highest BCUT2D eigenvalue weighted by atomic mass is 16.5. The molecule has 0 amide bonds. The highest BCUT2D eigenvalue weighted by molar-refractivity contribution is 5.65. The Bertz CT molecular complexity index is 357. The van der Waals surface area contributed by atoms with E-state index in [0.717, 1.165) is 12.8 Å². The molecule has 1 aromatic rings. The van der Waals surface area contributed by atoms with Gasteiger partial charge in [0.25, 0.3) is 0 Å². The van der Waals surface area contributed by atoms with E-state index in [1.165, 1.54) is 18.1 Å². The van der Waals surface area contributed by atoms with Gasteiger partial charge in [-0.2, -0.15) is 0 Å². The summed E-state index contributed by atoms with van der Waals surface area (Å²) in [5, 5.41) is 0. The van der Waals surface area contributed by atoms with E-state index in [1.54, 1.807) is 0 Å². The molecule has 0 spiro atoms. The summed E-state index contributed by atoms with van der Waals surface area (Å²) in [7, 11) is 0. The van der Waals surface area contributed by atoms with Crippen LogP contribution in [-0.2, 0) is 22.4 Å². The number of ether oxygens (including phenoxy) is 1. The van der Waals surface area contributed by atoms with Gasteiger partial charge in [0, 0.05) is 12.3 Å². The zero-order chi connectivity index (χ0) is 10.9. The lowest BCUT2D eigenvalue weighted by atomic mass is 9.88. The van der Waals surface area contributed by atoms with Gasteiger partial charge in [-0.1, -0.05) is 31.2 Å². The molecule has 0 saturated carbocycles. The fraction of sp³-hybridized carbons (Fsp3) is 0.462. The van der Waals surface area contributed by atoms with Crippen LogP contribution in [0.1, 0.15) is 25.0 Å². The van der Waals surface area contributed by atoms with E-state index < -0.39 is 0 Å². The number of rotatable bonds is 2. The standard InChI is InChI=1S/C13H16O2/c1-10(14)15-9-13(2)7-11-5-3-4-6-12(11)8-13/h3-6H,7-9H2,1-2H3. The van der Waals surface area contributed by atoms with Crippen LogP contribution >= 0.6 is 0 Å². The van der Waals surface area contributed by atoms with E-state index in [1.807, 2.05) is 0 Å². The number of hydrogen-bond acceptors (Lipinski definition) is 2. The number of esters is 1. The maximum absolute atomic E-state index is 10.8. The summed E-state index contributed by atoms with van der Waals surface area (Å²) in [6, 6.07) is 8.45. The van der Waals surface area contributed by atoms with Crippen LogP contribution in [0.15, 0.2) is 24.3 Å². The molecule has 0 saturated heterocycles. The Kier molecular flexibility index (Phi) is 2.51. The van der Waals surface area contributed by atoms with E-state index in [4.69, 9.17) is 4.74 Å². The number of benzene rings is 1. The van der Waals surface area contributed by atoms with Gasteiger partial charge in [-0.15, -0.1) is 0 Å². The van der Waals surface area contributed by atoms with Crippen molar-refractivity contribution in [2.75, 3.05) is 6.61 Å². The minimum absolute atomic E-state index is 0.0926. The molecule has 2 nitrogen and oxygen atoms in total. The van der Waals surface area contributed by atoms with Gasteiger partial charge in [0.2, 0.25) is 0 Å². The quantitative estimate of drug-likeness (QED) is 0.691. The number of fused-ring (bicyclic) bond motifs is 1. The normalized spacial score (nSPS) is 17.2.